The Morgan fingerprint density at radius 3 is 2.50 bits per heavy atom. The third-order valence-corrected chi connectivity index (χ3v) is 3.77. The van der Waals surface area contributed by atoms with Gasteiger partial charge in [-0.25, -0.2) is 4.39 Å². The van der Waals surface area contributed by atoms with Gasteiger partial charge in [0.05, 0.1) is 0 Å². The molecule has 20 heavy (non-hydrogen) atoms. The average Bonchev–Trinajstić information content (AvgIpc) is 2.46. The fourth-order valence-corrected chi connectivity index (χ4v) is 2.19. The first-order valence-electron chi connectivity index (χ1n) is 5.95. The Kier molecular flexibility index (Phi) is 4.98. The zero-order chi connectivity index (χ0) is 14.5. The molecule has 0 spiro atoms. The van der Waals surface area contributed by atoms with Gasteiger partial charge in [-0.05, 0) is 36.6 Å². The monoisotopic (exact) mass is 307 g/mol. The molecule has 5 heteroatoms. The van der Waals surface area contributed by atoms with Gasteiger partial charge in [-0.2, -0.15) is 0 Å². The number of hydrogen-bond donors (Lipinski definition) is 1. The summed E-state index contributed by atoms with van der Waals surface area (Å²) in [7, 11) is 0. The van der Waals surface area contributed by atoms with Gasteiger partial charge in [0, 0.05) is 16.0 Å². The molecule has 2 nitrogen and oxygen atoms in total. The standard InChI is InChI=1S/C15H14FNOS2/c1-20-13-6-4-12(5-7-13)18-9-11-3-2-10(15(17)19)8-14(11)16/h2-8H,9H2,1H3,(H2,17,19). The van der Waals surface area contributed by atoms with Crippen LogP contribution in [0.1, 0.15) is 11.1 Å². The minimum Gasteiger partial charge on any atom is -0.489 e. The Bertz CT molecular complexity index is 614. The van der Waals surface area contributed by atoms with Gasteiger partial charge < -0.3 is 10.5 Å². The number of benzene rings is 2. The lowest BCUT2D eigenvalue weighted by molar-refractivity contribution is 0.299. The topological polar surface area (TPSA) is 35.2 Å². The highest BCUT2D eigenvalue weighted by Crippen LogP contribution is 2.20. The number of ether oxygens (including phenoxy) is 1. The number of halogens is 1. The molecule has 0 bridgehead atoms. The molecule has 0 heterocycles. The lowest BCUT2D eigenvalue weighted by Crippen LogP contribution is -2.10. The molecule has 0 aliphatic rings. The molecule has 2 aromatic carbocycles. The summed E-state index contributed by atoms with van der Waals surface area (Å²) in [5.41, 5.74) is 6.45. The normalized spacial score (nSPS) is 10.3. The molecule has 0 unspecified atom stereocenters. The van der Waals surface area contributed by atoms with E-state index < -0.39 is 0 Å². The summed E-state index contributed by atoms with van der Waals surface area (Å²) < 4.78 is 19.4. The summed E-state index contributed by atoms with van der Waals surface area (Å²) in [6.07, 6.45) is 2.01. The smallest absolute Gasteiger partial charge is 0.130 e. The minimum atomic E-state index is -0.365. The van der Waals surface area contributed by atoms with Gasteiger partial charge in [-0.1, -0.05) is 24.4 Å². The molecule has 0 aromatic heterocycles. The maximum absolute atomic E-state index is 13.8. The SMILES string of the molecule is CSc1ccc(OCc2ccc(C(N)=S)cc2F)cc1. The second kappa shape index (κ2) is 6.72. The lowest BCUT2D eigenvalue weighted by atomic mass is 10.1. The molecule has 0 aliphatic carbocycles. The van der Waals surface area contributed by atoms with Gasteiger partial charge in [-0.3, -0.25) is 0 Å². The van der Waals surface area contributed by atoms with E-state index in [1.807, 2.05) is 30.5 Å². The summed E-state index contributed by atoms with van der Waals surface area (Å²) in [5.74, 6) is 0.344. The Hall–Kier alpha value is -1.59. The van der Waals surface area contributed by atoms with E-state index in [9.17, 15) is 4.39 Å². The summed E-state index contributed by atoms with van der Waals surface area (Å²) >= 11 is 6.47. The van der Waals surface area contributed by atoms with Crippen LogP contribution in [0.4, 0.5) is 4.39 Å². The van der Waals surface area contributed by atoms with Gasteiger partial charge in [-0.15, -0.1) is 11.8 Å². The number of hydrogen-bond acceptors (Lipinski definition) is 3. The van der Waals surface area contributed by atoms with Gasteiger partial charge in [0.15, 0.2) is 0 Å². The highest BCUT2D eigenvalue weighted by molar-refractivity contribution is 7.98. The molecule has 2 rings (SSSR count). The largest absolute Gasteiger partial charge is 0.489 e. The van der Waals surface area contributed by atoms with Crippen LogP contribution >= 0.6 is 24.0 Å². The van der Waals surface area contributed by atoms with Crippen molar-refractivity contribution in [3.63, 3.8) is 0 Å². The van der Waals surface area contributed by atoms with Crippen molar-refractivity contribution >= 4 is 29.0 Å². The molecule has 0 radical (unpaired) electrons. The van der Waals surface area contributed by atoms with Crippen molar-refractivity contribution < 1.29 is 9.13 Å². The molecule has 0 amide bonds. The quantitative estimate of drug-likeness (QED) is 0.674. The molecule has 2 N–H and O–H groups in total. The van der Waals surface area contributed by atoms with Crippen molar-refractivity contribution in [2.24, 2.45) is 5.73 Å². The minimum absolute atomic E-state index is 0.169. The zero-order valence-corrected chi connectivity index (χ0v) is 12.6. The summed E-state index contributed by atoms with van der Waals surface area (Å²) in [6, 6.07) is 12.3. The maximum Gasteiger partial charge on any atom is 0.130 e. The van der Waals surface area contributed by atoms with E-state index in [2.05, 4.69) is 0 Å². The van der Waals surface area contributed by atoms with Crippen LogP contribution in [0, 0.1) is 5.82 Å². The van der Waals surface area contributed by atoms with E-state index in [0.29, 0.717) is 16.9 Å². The first-order chi connectivity index (χ1) is 9.60. The number of rotatable bonds is 5. The van der Waals surface area contributed by atoms with Crippen molar-refractivity contribution in [1.29, 1.82) is 0 Å². The Morgan fingerprint density at radius 2 is 1.95 bits per heavy atom. The van der Waals surface area contributed by atoms with Crippen LogP contribution < -0.4 is 10.5 Å². The second-order valence-corrected chi connectivity index (χ2v) is 5.45. The lowest BCUT2D eigenvalue weighted by Gasteiger charge is -2.08. The molecule has 0 saturated carbocycles. The van der Waals surface area contributed by atoms with Crippen LogP contribution in [0.2, 0.25) is 0 Å². The molecule has 0 aliphatic heterocycles. The summed E-state index contributed by atoms with van der Waals surface area (Å²) in [4.78, 5) is 1.34. The molecule has 104 valence electrons. The van der Waals surface area contributed by atoms with Gasteiger partial charge >= 0.3 is 0 Å². The Morgan fingerprint density at radius 1 is 1.25 bits per heavy atom. The highest BCUT2D eigenvalue weighted by atomic mass is 32.2. The molecule has 0 saturated heterocycles. The van der Waals surface area contributed by atoms with E-state index in [-0.39, 0.29) is 17.4 Å². The third-order valence-electron chi connectivity index (χ3n) is 2.79. The highest BCUT2D eigenvalue weighted by Gasteiger charge is 2.06. The van der Waals surface area contributed by atoms with Crippen LogP contribution in [-0.4, -0.2) is 11.2 Å². The van der Waals surface area contributed by atoms with Crippen LogP contribution in [-0.2, 0) is 6.61 Å². The first kappa shape index (κ1) is 14.8. The zero-order valence-electron chi connectivity index (χ0n) is 10.9. The van der Waals surface area contributed by atoms with Crippen molar-refractivity contribution in [3.8, 4) is 5.75 Å². The fourth-order valence-electron chi connectivity index (χ4n) is 1.65. The van der Waals surface area contributed by atoms with E-state index in [1.54, 1.807) is 23.9 Å². The van der Waals surface area contributed by atoms with Crippen molar-refractivity contribution in [2.45, 2.75) is 11.5 Å². The molecule has 2 aromatic rings. The molecule has 0 fully saturated rings. The van der Waals surface area contributed by atoms with Gasteiger partial charge in [0.1, 0.15) is 23.2 Å². The van der Waals surface area contributed by atoms with Gasteiger partial charge in [0.2, 0.25) is 0 Å². The number of nitrogens with two attached hydrogens (primary N) is 1. The van der Waals surface area contributed by atoms with E-state index >= 15 is 0 Å². The van der Waals surface area contributed by atoms with Crippen LogP contribution in [0.5, 0.6) is 5.75 Å². The number of thioether (sulfide) groups is 1. The molecular formula is C15H14FNOS2. The average molecular weight is 307 g/mol. The summed E-state index contributed by atoms with van der Waals surface area (Å²) in [5, 5.41) is 0. The van der Waals surface area contributed by atoms with Crippen molar-refractivity contribution in [2.75, 3.05) is 6.26 Å². The van der Waals surface area contributed by atoms with Crippen molar-refractivity contribution in [1.82, 2.24) is 0 Å². The molecular weight excluding hydrogens is 293 g/mol. The third kappa shape index (κ3) is 3.71. The maximum atomic E-state index is 13.8. The van der Waals surface area contributed by atoms with Crippen LogP contribution in [0.15, 0.2) is 47.4 Å². The second-order valence-electron chi connectivity index (χ2n) is 4.13. The fraction of sp³-hybridized carbons (Fsp3) is 0.133. The van der Waals surface area contributed by atoms with Crippen LogP contribution in [0.3, 0.4) is 0 Å². The number of thiocarbonyl (C=S) groups is 1. The first-order valence-corrected chi connectivity index (χ1v) is 7.58. The van der Waals surface area contributed by atoms with E-state index in [1.165, 1.54) is 6.07 Å². The van der Waals surface area contributed by atoms with E-state index in [4.69, 9.17) is 22.7 Å². The van der Waals surface area contributed by atoms with E-state index in [0.717, 1.165) is 4.90 Å². The predicted octanol–water partition coefficient (Wildman–Crippen LogP) is 3.76. The molecule has 0 atom stereocenters. The Labute approximate surface area is 127 Å². The predicted molar refractivity (Wildman–Crippen MR) is 84.8 cm³/mol. The summed E-state index contributed by atoms with van der Waals surface area (Å²) in [6.45, 7) is 0.169. The van der Waals surface area contributed by atoms with Gasteiger partial charge in [0.25, 0.3) is 0 Å². The van der Waals surface area contributed by atoms with Crippen molar-refractivity contribution in [3.05, 3.63) is 59.4 Å². The Balaban J connectivity index is 2.04. The van der Waals surface area contributed by atoms with Crippen LogP contribution in [0.25, 0.3) is 0 Å².